The summed E-state index contributed by atoms with van der Waals surface area (Å²) in [6, 6.07) is 12.5. The van der Waals surface area contributed by atoms with E-state index in [0.717, 1.165) is 0 Å². The number of hydrogen-bond donors (Lipinski definition) is 0. The van der Waals surface area contributed by atoms with Crippen molar-refractivity contribution in [3.8, 4) is 0 Å². The Bertz CT molecular complexity index is 80.5. The van der Waals surface area contributed by atoms with Crippen LogP contribution < -0.4 is 0 Å². The van der Waals surface area contributed by atoms with Crippen LogP contribution in [0.4, 0.5) is 4.70 Å². The molecule has 8 heavy (non-hydrogen) atoms. The zero-order valence-corrected chi connectivity index (χ0v) is 8.54. The summed E-state index contributed by atoms with van der Waals surface area (Å²) in [5.41, 5.74) is 0. The van der Waals surface area contributed by atoms with Crippen LogP contribution in [0, 0.1) is 6.07 Å². The minimum atomic E-state index is 0. The third kappa shape index (κ3) is 4.24. The molecule has 0 radical (unpaired) electrons. The summed E-state index contributed by atoms with van der Waals surface area (Å²) >= 11 is 0. The van der Waals surface area contributed by atoms with Gasteiger partial charge in [-0.05, 0) is 0 Å². The minimum Gasteiger partial charge on any atom is -0.269 e. The van der Waals surface area contributed by atoms with Crippen molar-refractivity contribution in [2.24, 2.45) is 0 Å². The first kappa shape index (κ1) is 10.9. The molecule has 1 aromatic carbocycles. The molecule has 0 fully saturated rings. The fourth-order valence-electron chi connectivity index (χ4n) is 0.342. The van der Waals surface area contributed by atoms with Crippen LogP contribution in [-0.2, 0) is 27.3 Å². The second kappa shape index (κ2) is 7.07. The molecule has 2 heteroatoms. The average molecular weight is 210 g/mol. The van der Waals surface area contributed by atoms with Crippen molar-refractivity contribution in [1.82, 2.24) is 0 Å². The molecule has 0 atom stereocenters. The van der Waals surface area contributed by atoms with E-state index < -0.39 is 0 Å². The maximum atomic E-state index is 2.89. The number of benzene rings is 1. The van der Waals surface area contributed by atoms with E-state index in [0.29, 0.717) is 0 Å². The molecule has 1 rings (SSSR count). The molecule has 1 aromatic rings. The predicted octanol–water partition coefficient (Wildman–Crippen LogP) is 1.64. The molecule has 0 aromatic heterocycles. The van der Waals surface area contributed by atoms with E-state index in [1.165, 1.54) is 0 Å². The van der Waals surface area contributed by atoms with Gasteiger partial charge in [-0.1, -0.05) is 0 Å². The van der Waals surface area contributed by atoms with Crippen LogP contribution in [0.2, 0.25) is 0 Å². The van der Waals surface area contributed by atoms with E-state index in [9.17, 15) is 0 Å². The maximum absolute atomic E-state index is 2.89. The smallest absolute Gasteiger partial charge is 0 e. The fraction of sp³-hybridized carbons (Fsp3) is 0. The van der Waals surface area contributed by atoms with E-state index in [1.807, 2.05) is 30.3 Å². The van der Waals surface area contributed by atoms with Gasteiger partial charge in [-0.25, -0.2) is 0 Å². The zero-order chi connectivity index (χ0) is 4.24. The Morgan fingerprint density at radius 1 is 0.875 bits per heavy atom. The molecule has 0 amide bonds. The fourth-order valence-corrected chi connectivity index (χ4v) is 0.342. The molecule has 0 unspecified atom stereocenters. The van der Waals surface area contributed by atoms with E-state index in [1.54, 1.807) is 0 Å². The van der Waals surface area contributed by atoms with E-state index in [4.69, 9.17) is 0 Å². The summed E-state index contributed by atoms with van der Waals surface area (Å²) in [5.74, 6) is 0. The second-order valence-electron chi connectivity index (χ2n) is 1.08. The molecule has 40 valence electrons. The Balaban J connectivity index is 0. The van der Waals surface area contributed by atoms with Gasteiger partial charge in [0.1, 0.15) is 0 Å². The van der Waals surface area contributed by atoms with Crippen LogP contribution in [0.3, 0.4) is 0 Å². The Kier molecular flexibility index (Phi) is 9.68. The van der Waals surface area contributed by atoms with Gasteiger partial charge in [-0.15, -0.1) is 0 Å². The number of hydrogen-bond acceptors (Lipinski definition) is 0. The molecule has 0 heterocycles. The minimum absolute atomic E-state index is 0. The predicted molar refractivity (Wildman–Crippen MR) is 27.8 cm³/mol. The van der Waals surface area contributed by atoms with Gasteiger partial charge in [0, 0.05) is 27.3 Å². The Hall–Kier alpha value is 0.0721. The first-order valence-corrected chi connectivity index (χ1v) is 1.91. The van der Waals surface area contributed by atoms with Gasteiger partial charge < -0.3 is 0 Å². The number of halogens is 1. The van der Waals surface area contributed by atoms with Gasteiger partial charge in [-0.3, -0.25) is 4.70 Å². The van der Waals surface area contributed by atoms with Crippen molar-refractivity contribution in [3.05, 3.63) is 36.4 Å². The summed E-state index contributed by atoms with van der Waals surface area (Å²) in [4.78, 5) is 0. The summed E-state index contributed by atoms with van der Waals surface area (Å²) in [6.07, 6.45) is 0. The van der Waals surface area contributed by atoms with Gasteiger partial charge in [0.05, 0.1) is 0 Å². The zero-order valence-electron chi connectivity index (χ0n) is 4.50. The molecular formula is C6H6CdF-. The Morgan fingerprint density at radius 2 is 1.38 bits per heavy atom. The molecule has 0 aliphatic heterocycles. The molecule has 0 N–H and O–H groups in total. The standard InChI is InChI=1S/C6H5.Cd.FH/c1-2-4-6-5-3-1;;/h1-5H;;1H/q-1;;. The number of rotatable bonds is 0. The molecule has 0 bridgehead atoms. The summed E-state index contributed by atoms with van der Waals surface area (Å²) in [5, 5.41) is 0. The quantitative estimate of drug-likeness (QED) is 0.450. The van der Waals surface area contributed by atoms with Gasteiger partial charge in [0.25, 0.3) is 0 Å². The first-order valence-electron chi connectivity index (χ1n) is 1.91. The Labute approximate surface area is 68.4 Å². The second-order valence-corrected chi connectivity index (χ2v) is 1.08. The summed E-state index contributed by atoms with van der Waals surface area (Å²) < 4.78 is 0. The van der Waals surface area contributed by atoms with Crippen LogP contribution in [0.15, 0.2) is 30.3 Å². The van der Waals surface area contributed by atoms with Gasteiger partial charge in [0.15, 0.2) is 0 Å². The van der Waals surface area contributed by atoms with Gasteiger partial charge >= 0.3 is 0 Å². The van der Waals surface area contributed by atoms with Crippen molar-refractivity contribution >= 4 is 0 Å². The molecule has 0 saturated heterocycles. The normalized spacial score (nSPS) is 6.00. The third-order valence-corrected chi connectivity index (χ3v) is 0.607. The van der Waals surface area contributed by atoms with Crippen LogP contribution in [0.1, 0.15) is 0 Å². The molecule has 0 saturated carbocycles. The first-order chi connectivity index (χ1) is 3.00. The average Bonchev–Trinajstić information content (AvgIpc) is 1.72. The van der Waals surface area contributed by atoms with Gasteiger partial charge in [0.2, 0.25) is 0 Å². The van der Waals surface area contributed by atoms with E-state index in [2.05, 4.69) is 6.07 Å². The SMILES string of the molecule is F.[Cd].[c-]1ccccc1. The van der Waals surface area contributed by atoms with Gasteiger partial charge in [-0.2, -0.15) is 36.4 Å². The largest absolute Gasteiger partial charge is 0.269 e. The van der Waals surface area contributed by atoms with Crippen molar-refractivity contribution in [3.63, 3.8) is 0 Å². The third-order valence-electron chi connectivity index (χ3n) is 0.607. The Morgan fingerprint density at radius 3 is 1.50 bits per heavy atom. The molecule has 0 spiro atoms. The molecular weight excluding hydrogens is 203 g/mol. The maximum Gasteiger partial charge on any atom is 0 e. The van der Waals surface area contributed by atoms with Crippen molar-refractivity contribution in [2.45, 2.75) is 0 Å². The van der Waals surface area contributed by atoms with Crippen LogP contribution in [0.5, 0.6) is 0 Å². The molecule has 0 aliphatic carbocycles. The van der Waals surface area contributed by atoms with E-state index in [-0.39, 0.29) is 32.0 Å². The van der Waals surface area contributed by atoms with Crippen LogP contribution in [-0.4, -0.2) is 0 Å². The molecule has 0 nitrogen and oxygen atoms in total. The van der Waals surface area contributed by atoms with Crippen LogP contribution >= 0.6 is 0 Å². The van der Waals surface area contributed by atoms with Crippen molar-refractivity contribution < 1.29 is 32.0 Å². The summed E-state index contributed by atoms with van der Waals surface area (Å²) in [6.45, 7) is 0. The van der Waals surface area contributed by atoms with Crippen molar-refractivity contribution in [2.75, 3.05) is 0 Å². The van der Waals surface area contributed by atoms with Crippen molar-refractivity contribution in [1.29, 1.82) is 0 Å². The van der Waals surface area contributed by atoms with E-state index >= 15 is 0 Å². The van der Waals surface area contributed by atoms with Crippen LogP contribution in [0.25, 0.3) is 0 Å². The molecule has 0 aliphatic rings. The monoisotopic (exact) mass is 211 g/mol. The topological polar surface area (TPSA) is 0 Å². The summed E-state index contributed by atoms with van der Waals surface area (Å²) in [7, 11) is 0.